The van der Waals surface area contributed by atoms with Gasteiger partial charge in [0.25, 0.3) is 0 Å². The molecule has 1 aliphatic heterocycles. The van der Waals surface area contributed by atoms with Gasteiger partial charge in [-0.25, -0.2) is 0 Å². The number of rotatable bonds is 1. The molecule has 3 atom stereocenters. The van der Waals surface area contributed by atoms with E-state index in [4.69, 9.17) is 4.74 Å². The molecule has 0 N–H and O–H groups in total. The van der Waals surface area contributed by atoms with Gasteiger partial charge in [0.2, 0.25) is 0 Å². The summed E-state index contributed by atoms with van der Waals surface area (Å²) in [6.45, 7) is 4.00. The van der Waals surface area contributed by atoms with Crippen LogP contribution in [0.5, 0.6) is 0 Å². The monoisotopic (exact) mass is 288 g/mol. The highest BCUT2D eigenvalue weighted by Gasteiger charge is 2.66. The highest BCUT2D eigenvalue weighted by molar-refractivity contribution is 8.78. The Morgan fingerprint density at radius 1 is 1.24 bits per heavy atom. The van der Waals surface area contributed by atoms with Gasteiger partial charge < -0.3 is 4.74 Å². The van der Waals surface area contributed by atoms with E-state index in [0.29, 0.717) is 6.42 Å². The molecular formula is C11H19F3OS2. The van der Waals surface area contributed by atoms with E-state index >= 15 is 0 Å². The zero-order valence-electron chi connectivity index (χ0n) is 10.3. The van der Waals surface area contributed by atoms with Gasteiger partial charge >= 0.3 is 6.18 Å². The molecule has 0 radical (unpaired) electrons. The predicted molar refractivity (Wildman–Crippen MR) is 68.4 cm³/mol. The molecule has 1 aliphatic carbocycles. The Hall–Kier alpha value is 0.450. The number of hydrogen-bond acceptors (Lipinski definition) is 3. The Kier molecular flexibility index (Phi) is 5.53. The van der Waals surface area contributed by atoms with Crippen molar-refractivity contribution in [3.63, 3.8) is 0 Å². The predicted octanol–water partition coefficient (Wildman–Crippen LogP) is 4.67. The Labute approximate surface area is 109 Å². The van der Waals surface area contributed by atoms with Gasteiger partial charge in [0.15, 0.2) is 0 Å². The second kappa shape index (κ2) is 6.06. The van der Waals surface area contributed by atoms with Crippen LogP contribution in [-0.4, -0.2) is 29.4 Å². The lowest BCUT2D eigenvalue weighted by molar-refractivity contribution is -0.185. The Bertz CT molecular complexity index is 247. The highest BCUT2D eigenvalue weighted by Crippen LogP contribution is 2.63. The third-order valence-electron chi connectivity index (χ3n) is 3.14. The molecule has 0 amide bonds. The summed E-state index contributed by atoms with van der Waals surface area (Å²) >= 11 is 0. The van der Waals surface area contributed by atoms with Crippen LogP contribution in [0.1, 0.15) is 39.5 Å². The maximum atomic E-state index is 13.1. The van der Waals surface area contributed by atoms with E-state index in [2.05, 4.69) is 0 Å². The van der Waals surface area contributed by atoms with Crippen molar-refractivity contribution in [2.24, 2.45) is 0 Å². The van der Waals surface area contributed by atoms with Crippen molar-refractivity contribution >= 4 is 21.6 Å². The van der Waals surface area contributed by atoms with Crippen molar-refractivity contribution < 1.29 is 17.9 Å². The minimum atomic E-state index is -4.16. The van der Waals surface area contributed by atoms with Crippen LogP contribution in [-0.2, 0) is 4.74 Å². The molecule has 2 aliphatic rings. The fourth-order valence-corrected chi connectivity index (χ4v) is 6.42. The molecule has 0 spiro atoms. The van der Waals surface area contributed by atoms with Gasteiger partial charge in [-0.15, -0.1) is 0 Å². The van der Waals surface area contributed by atoms with Crippen LogP contribution in [0, 0.1) is 0 Å². The van der Waals surface area contributed by atoms with Crippen LogP contribution in [0.3, 0.4) is 0 Å². The van der Waals surface area contributed by atoms with Crippen LogP contribution < -0.4 is 0 Å². The molecule has 3 unspecified atom stereocenters. The van der Waals surface area contributed by atoms with Crippen molar-refractivity contribution in [3.8, 4) is 0 Å². The van der Waals surface area contributed by atoms with Gasteiger partial charge in [-0.2, -0.15) is 13.2 Å². The quantitative estimate of drug-likeness (QED) is 0.649. The van der Waals surface area contributed by atoms with E-state index in [1.165, 1.54) is 17.9 Å². The van der Waals surface area contributed by atoms with Gasteiger partial charge in [0.05, 0.1) is 6.10 Å². The molecule has 0 aromatic carbocycles. The van der Waals surface area contributed by atoms with Crippen LogP contribution in [0.2, 0.25) is 0 Å². The number of fused-ring (bicyclic) bond motifs is 2. The summed E-state index contributed by atoms with van der Waals surface area (Å²) in [7, 11) is 3.74. The third-order valence-corrected chi connectivity index (χ3v) is 6.85. The summed E-state index contributed by atoms with van der Waals surface area (Å²) in [5.41, 5.74) is 0. The first-order valence-corrected chi connectivity index (χ1v) is 8.16. The average molecular weight is 288 g/mol. The van der Waals surface area contributed by atoms with E-state index in [1.807, 2.05) is 13.8 Å². The molecule has 1 saturated carbocycles. The van der Waals surface area contributed by atoms with Crippen LogP contribution >= 0.6 is 21.6 Å². The fourth-order valence-electron chi connectivity index (χ4n) is 2.35. The second-order valence-electron chi connectivity index (χ2n) is 4.01. The fraction of sp³-hybridized carbons (Fsp3) is 1.00. The molecule has 1 heterocycles. The van der Waals surface area contributed by atoms with E-state index in [0.717, 1.165) is 23.6 Å². The van der Waals surface area contributed by atoms with Gasteiger partial charge in [0, 0.05) is 12.4 Å². The molecule has 2 rings (SSSR count). The Morgan fingerprint density at radius 3 is 2.41 bits per heavy atom. The molecular weight excluding hydrogens is 269 g/mol. The number of hydrogen-bond donors (Lipinski definition) is 0. The zero-order chi connectivity index (χ0) is 13.1. The minimum absolute atomic E-state index is 0.00382. The second-order valence-corrected chi connectivity index (χ2v) is 6.78. The van der Waals surface area contributed by atoms with Crippen LogP contribution in [0.25, 0.3) is 0 Å². The zero-order valence-corrected chi connectivity index (χ0v) is 12.0. The van der Waals surface area contributed by atoms with E-state index in [1.54, 1.807) is 0 Å². The van der Waals surface area contributed by atoms with Gasteiger partial charge in [-0.1, -0.05) is 48.3 Å². The summed E-state index contributed by atoms with van der Waals surface area (Å²) < 4.78 is 42.8. The SMILES string of the molecule is CC.COC1C2CCCCC1(C(F)(F)F)SS2. The number of halogens is 3. The summed E-state index contributed by atoms with van der Waals surface area (Å²) in [6, 6.07) is 0. The lowest BCUT2D eigenvalue weighted by Crippen LogP contribution is -2.51. The maximum absolute atomic E-state index is 13.1. The Morgan fingerprint density at radius 2 is 1.88 bits per heavy atom. The normalized spacial score (nSPS) is 37.1. The molecule has 1 saturated heterocycles. The molecule has 102 valence electrons. The van der Waals surface area contributed by atoms with Gasteiger partial charge in [0.1, 0.15) is 4.75 Å². The van der Waals surface area contributed by atoms with Crippen LogP contribution in [0.15, 0.2) is 0 Å². The van der Waals surface area contributed by atoms with Crippen molar-refractivity contribution in [1.29, 1.82) is 0 Å². The third kappa shape index (κ3) is 2.73. The van der Waals surface area contributed by atoms with Gasteiger partial charge in [-0.3, -0.25) is 0 Å². The van der Waals surface area contributed by atoms with E-state index in [9.17, 15) is 13.2 Å². The van der Waals surface area contributed by atoms with Crippen LogP contribution in [0.4, 0.5) is 13.2 Å². The molecule has 2 bridgehead atoms. The standard InChI is InChI=1S/C9H13F3OS2.C2H6/c1-13-7-6-4-2-3-5-8(7,15-14-6)9(10,11)12;1-2/h6-7H,2-5H2,1H3;1-2H3. The number of alkyl halides is 3. The highest BCUT2D eigenvalue weighted by atomic mass is 33.1. The lowest BCUT2D eigenvalue weighted by atomic mass is 9.95. The average Bonchev–Trinajstić information content (AvgIpc) is 2.51. The molecule has 6 heteroatoms. The lowest BCUT2D eigenvalue weighted by Gasteiger charge is -2.34. The van der Waals surface area contributed by atoms with Crippen molar-refractivity contribution in [2.45, 2.75) is 61.8 Å². The Balaban J connectivity index is 0.000000686. The molecule has 2 fully saturated rings. The number of ether oxygens (including phenoxy) is 1. The summed E-state index contributed by atoms with van der Waals surface area (Å²) in [5, 5.41) is 0.00382. The molecule has 0 aromatic rings. The largest absolute Gasteiger partial charge is 0.406 e. The topological polar surface area (TPSA) is 9.23 Å². The molecule has 1 nitrogen and oxygen atoms in total. The minimum Gasteiger partial charge on any atom is -0.378 e. The summed E-state index contributed by atoms with van der Waals surface area (Å²) in [4.78, 5) is 0. The van der Waals surface area contributed by atoms with Gasteiger partial charge in [-0.05, 0) is 12.8 Å². The van der Waals surface area contributed by atoms with Crippen molar-refractivity contribution in [2.75, 3.05) is 7.11 Å². The van der Waals surface area contributed by atoms with E-state index in [-0.39, 0.29) is 11.7 Å². The first-order valence-electron chi connectivity index (χ1n) is 5.95. The van der Waals surface area contributed by atoms with Crippen molar-refractivity contribution in [1.82, 2.24) is 0 Å². The first kappa shape index (κ1) is 15.5. The number of methoxy groups -OCH3 is 1. The summed E-state index contributed by atoms with van der Waals surface area (Å²) in [5.74, 6) is 0. The molecule has 17 heavy (non-hydrogen) atoms. The van der Waals surface area contributed by atoms with E-state index < -0.39 is 17.0 Å². The smallest absolute Gasteiger partial charge is 0.378 e. The maximum Gasteiger partial charge on any atom is 0.406 e. The first-order chi connectivity index (χ1) is 8.01. The molecule has 0 aromatic heterocycles. The van der Waals surface area contributed by atoms with Crippen molar-refractivity contribution in [3.05, 3.63) is 0 Å². The summed E-state index contributed by atoms with van der Waals surface area (Å²) in [6.07, 6.45) is -2.25.